The summed E-state index contributed by atoms with van der Waals surface area (Å²) in [5.41, 5.74) is 0. The van der Waals surface area contributed by atoms with Gasteiger partial charge < -0.3 is 20.0 Å². The van der Waals surface area contributed by atoms with Gasteiger partial charge in [-0.1, -0.05) is 0 Å². The molecule has 0 spiro atoms. The quantitative estimate of drug-likeness (QED) is 0.722. The number of hydrogen-bond acceptors (Lipinski definition) is 5. The molecule has 0 aromatic carbocycles. The van der Waals surface area contributed by atoms with Crippen LogP contribution in [0.15, 0.2) is 22.8 Å². The molecule has 2 N–H and O–H groups in total. The number of carbonyl (C=O) groups is 2. The number of hydrogen-bond donors (Lipinski definition) is 2. The molecule has 0 bridgehead atoms. The number of amides is 2. The molecule has 2 heterocycles. The average Bonchev–Trinajstić information content (AvgIpc) is 2.99. The predicted octanol–water partition coefficient (Wildman–Crippen LogP) is -0.741. The second kappa shape index (κ2) is 7.80. The molecular formula is C14H22N4O3. The minimum Gasteiger partial charge on any atom is -0.467 e. The number of carbonyl (C=O) groups excluding carboxylic acids is 2. The minimum absolute atomic E-state index is 0.0674. The highest BCUT2D eigenvalue weighted by Crippen LogP contribution is 1.99. The Kier molecular flexibility index (Phi) is 5.77. The highest BCUT2D eigenvalue weighted by atomic mass is 16.3. The van der Waals surface area contributed by atoms with E-state index in [1.165, 1.54) is 0 Å². The first kappa shape index (κ1) is 15.5. The molecule has 2 amide bonds. The van der Waals surface area contributed by atoms with Gasteiger partial charge in [0.05, 0.1) is 25.9 Å². The first-order chi connectivity index (χ1) is 10.1. The maximum Gasteiger partial charge on any atom is 0.236 e. The lowest BCUT2D eigenvalue weighted by Crippen LogP contribution is -2.50. The van der Waals surface area contributed by atoms with Crippen LogP contribution in [0.4, 0.5) is 0 Å². The van der Waals surface area contributed by atoms with Crippen molar-refractivity contribution in [3.8, 4) is 0 Å². The molecule has 1 fully saturated rings. The van der Waals surface area contributed by atoms with Crippen molar-refractivity contribution in [3.63, 3.8) is 0 Å². The number of furan rings is 1. The van der Waals surface area contributed by atoms with Crippen molar-refractivity contribution >= 4 is 11.8 Å². The molecular weight excluding hydrogens is 272 g/mol. The third-order valence-electron chi connectivity index (χ3n) is 3.33. The number of piperazine rings is 1. The summed E-state index contributed by atoms with van der Waals surface area (Å²) in [6.07, 6.45) is 1.57. The highest BCUT2D eigenvalue weighted by Gasteiger charge is 2.18. The fourth-order valence-corrected chi connectivity index (χ4v) is 2.20. The Morgan fingerprint density at radius 2 is 2.14 bits per heavy atom. The summed E-state index contributed by atoms with van der Waals surface area (Å²) < 4.78 is 5.14. The first-order valence-corrected chi connectivity index (χ1v) is 7.11. The maximum absolute atomic E-state index is 12.0. The monoisotopic (exact) mass is 294 g/mol. The van der Waals surface area contributed by atoms with Gasteiger partial charge in [-0.2, -0.15) is 0 Å². The number of rotatable bonds is 6. The van der Waals surface area contributed by atoms with Crippen LogP contribution < -0.4 is 10.6 Å². The van der Waals surface area contributed by atoms with Crippen molar-refractivity contribution in [2.45, 2.75) is 6.54 Å². The van der Waals surface area contributed by atoms with Crippen molar-refractivity contribution < 1.29 is 14.0 Å². The van der Waals surface area contributed by atoms with E-state index in [0.717, 1.165) is 26.2 Å². The Balaban J connectivity index is 1.66. The van der Waals surface area contributed by atoms with E-state index in [0.29, 0.717) is 12.3 Å². The van der Waals surface area contributed by atoms with Crippen molar-refractivity contribution in [2.24, 2.45) is 0 Å². The molecule has 0 atom stereocenters. The van der Waals surface area contributed by atoms with Gasteiger partial charge in [-0.05, 0) is 19.2 Å². The van der Waals surface area contributed by atoms with E-state index >= 15 is 0 Å². The molecule has 1 saturated heterocycles. The Morgan fingerprint density at radius 3 is 2.81 bits per heavy atom. The fourth-order valence-electron chi connectivity index (χ4n) is 2.20. The van der Waals surface area contributed by atoms with Gasteiger partial charge in [0.1, 0.15) is 5.76 Å². The van der Waals surface area contributed by atoms with E-state index in [1.807, 2.05) is 4.90 Å². The van der Waals surface area contributed by atoms with Gasteiger partial charge in [-0.25, -0.2) is 0 Å². The smallest absolute Gasteiger partial charge is 0.236 e. The average molecular weight is 294 g/mol. The van der Waals surface area contributed by atoms with Gasteiger partial charge in [0.25, 0.3) is 0 Å². The van der Waals surface area contributed by atoms with E-state index in [-0.39, 0.29) is 24.9 Å². The Hall–Kier alpha value is -1.86. The third kappa shape index (κ3) is 5.20. The topological polar surface area (TPSA) is 77.8 Å². The molecule has 1 aliphatic rings. The zero-order chi connectivity index (χ0) is 15.1. The standard InChI is InChI=1S/C14H22N4O3/c1-17(11-14(20)18-6-4-15-5-7-18)10-13(19)16-9-12-3-2-8-21-12/h2-3,8,15H,4-7,9-11H2,1H3,(H,16,19). The molecule has 2 rings (SSSR count). The van der Waals surface area contributed by atoms with Crippen LogP contribution in [-0.4, -0.2) is 67.9 Å². The molecule has 116 valence electrons. The molecule has 1 aromatic heterocycles. The Labute approximate surface area is 124 Å². The summed E-state index contributed by atoms with van der Waals surface area (Å²) in [6, 6.07) is 3.58. The van der Waals surface area contributed by atoms with Gasteiger partial charge >= 0.3 is 0 Å². The molecule has 0 radical (unpaired) electrons. The third-order valence-corrected chi connectivity index (χ3v) is 3.33. The largest absolute Gasteiger partial charge is 0.467 e. The second-order valence-electron chi connectivity index (χ2n) is 5.16. The van der Waals surface area contributed by atoms with Crippen LogP contribution in [0.2, 0.25) is 0 Å². The SMILES string of the molecule is CN(CC(=O)NCc1ccco1)CC(=O)N1CCNCC1. The normalized spacial score (nSPS) is 15.2. The summed E-state index contributed by atoms with van der Waals surface area (Å²) in [5, 5.41) is 5.96. The fraction of sp³-hybridized carbons (Fsp3) is 0.571. The molecule has 21 heavy (non-hydrogen) atoms. The van der Waals surface area contributed by atoms with Crippen LogP contribution in [0.5, 0.6) is 0 Å². The van der Waals surface area contributed by atoms with Crippen molar-refractivity contribution in [1.29, 1.82) is 0 Å². The van der Waals surface area contributed by atoms with E-state index in [4.69, 9.17) is 4.42 Å². The van der Waals surface area contributed by atoms with Gasteiger partial charge in [0.2, 0.25) is 11.8 Å². The van der Waals surface area contributed by atoms with Crippen LogP contribution >= 0.6 is 0 Å². The lowest BCUT2D eigenvalue weighted by Gasteiger charge is -2.29. The van der Waals surface area contributed by atoms with Crippen molar-refractivity contribution in [2.75, 3.05) is 46.3 Å². The molecule has 7 heteroatoms. The molecule has 0 aliphatic carbocycles. The van der Waals surface area contributed by atoms with Crippen molar-refractivity contribution in [1.82, 2.24) is 20.4 Å². The van der Waals surface area contributed by atoms with Crippen LogP contribution in [-0.2, 0) is 16.1 Å². The lowest BCUT2D eigenvalue weighted by molar-refractivity contribution is -0.133. The van der Waals surface area contributed by atoms with Gasteiger partial charge in [0, 0.05) is 26.2 Å². The minimum atomic E-state index is -0.123. The molecule has 1 aromatic rings. The number of nitrogens with one attached hydrogen (secondary N) is 2. The van der Waals surface area contributed by atoms with E-state index in [2.05, 4.69) is 10.6 Å². The van der Waals surface area contributed by atoms with Crippen LogP contribution in [0, 0.1) is 0 Å². The van der Waals surface area contributed by atoms with Gasteiger partial charge in [0.15, 0.2) is 0 Å². The summed E-state index contributed by atoms with van der Waals surface area (Å²) in [6.45, 7) is 3.95. The molecule has 1 aliphatic heterocycles. The van der Waals surface area contributed by atoms with Crippen LogP contribution in [0.3, 0.4) is 0 Å². The summed E-state index contributed by atoms with van der Waals surface area (Å²) in [7, 11) is 1.77. The van der Waals surface area contributed by atoms with Gasteiger partial charge in [-0.15, -0.1) is 0 Å². The summed E-state index contributed by atoms with van der Waals surface area (Å²) in [5.74, 6) is 0.655. The number of nitrogens with zero attached hydrogens (tertiary/aromatic N) is 2. The Bertz CT molecular complexity index is 455. The summed E-state index contributed by atoms with van der Waals surface area (Å²) in [4.78, 5) is 27.4. The summed E-state index contributed by atoms with van der Waals surface area (Å²) >= 11 is 0. The zero-order valence-electron chi connectivity index (χ0n) is 12.3. The molecule has 0 unspecified atom stereocenters. The predicted molar refractivity (Wildman–Crippen MR) is 77.5 cm³/mol. The van der Waals surface area contributed by atoms with Crippen LogP contribution in [0.1, 0.15) is 5.76 Å². The van der Waals surface area contributed by atoms with Crippen LogP contribution in [0.25, 0.3) is 0 Å². The van der Waals surface area contributed by atoms with Gasteiger partial charge in [-0.3, -0.25) is 14.5 Å². The second-order valence-corrected chi connectivity index (χ2v) is 5.16. The zero-order valence-corrected chi connectivity index (χ0v) is 12.3. The number of likely N-dealkylation sites (N-methyl/N-ethyl adjacent to an activating group) is 1. The highest BCUT2D eigenvalue weighted by molar-refractivity contribution is 5.81. The van der Waals surface area contributed by atoms with E-state index in [9.17, 15) is 9.59 Å². The lowest BCUT2D eigenvalue weighted by atomic mass is 10.3. The maximum atomic E-state index is 12.0. The first-order valence-electron chi connectivity index (χ1n) is 7.11. The van der Waals surface area contributed by atoms with Crippen molar-refractivity contribution in [3.05, 3.63) is 24.2 Å². The Morgan fingerprint density at radius 1 is 1.38 bits per heavy atom. The van der Waals surface area contributed by atoms with E-state index in [1.54, 1.807) is 30.3 Å². The molecule has 7 nitrogen and oxygen atoms in total. The van der Waals surface area contributed by atoms with E-state index < -0.39 is 0 Å². The molecule has 0 saturated carbocycles.